The molecule has 0 aliphatic heterocycles. The maximum Gasteiger partial charge on any atom is 0.228 e. The molecule has 0 atom stereocenters. The van der Waals surface area contributed by atoms with Gasteiger partial charge in [0.1, 0.15) is 0 Å². The molecule has 0 saturated heterocycles. The largest absolute Gasteiger partial charge is 0.356 e. The second-order valence-corrected chi connectivity index (χ2v) is 6.02. The molecule has 118 valence electrons. The predicted octanol–water partition coefficient (Wildman–Crippen LogP) is 3.09. The van der Waals surface area contributed by atoms with E-state index < -0.39 is 0 Å². The molecule has 2 aromatic heterocycles. The highest BCUT2D eigenvalue weighted by molar-refractivity contribution is 7.13. The third kappa shape index (κ3) is 4.50. The molecule has 3 aromatic rings. The van der Waals surface area contributed by atoms with Crippen molar-refractivity contribution in [3.63, 3.8) is 0 Å². The van der Waals surface area contributed by atoms with E-state index in [0.717, 1.165) is 11.3 Å². The number of aromatic nitrogens is 2. The smallest absolute Gasteiger partial charge is 0.228 e. The van der Waals surface area contributed by atoms with Crippen molar-refractivity contribution in [3.05, 3.63) is 59.3 Å². The number of amides is 1. The van der Waals surface area contributed by atoms with Crippen molar-refractivity contribution in [2.45, 2.75) is 19.3 Å². The molecule has 6 heteroatoms. The topological polar surface area (TPSA) is 68.0 Å². The second kappa shape index (κ2) is 7.69. The quantitative estimate of drug-likeness (QED) is 0.724. The van der Waals surface area contributed by atoms with Crippen LogP contribution in [0.15, 0.2) is 52.4 Å². The van der Waals surface area contributed by atoms with Gasteiger partial charge in [-0.15, -0.1) is 11.3 Å². The van der Waals surface area contributed by atoms with Gasteiger partial charge in [0.2, 0.25) is 17.6 Å². The van der Waals surface area contributed by atoms with E-state index >= 15 is 0 Å². The molecule has 0 aliphatic carbocycles. The van der Waals surface area contributed by atoms with Crippen LogP contribution < -0.4 is 5.32 Å². The van der Waals surface area contributed by atoms with Crippen LogP contribution in [0.3, 0.4) is 0 Å². The van der Waals surface area contributed by atoms with Crippen molar-refractivity contribution in [1.82, 2.24) is 15.5 Å². The molecule has 0 bridgehead atoms. The van der Waals surface area contributed by atoms with E-state index in [2.05, 4.69) is 15.5 Å². The Balaban J connectivity index is 1.40. The molecule has 2 heterocycles. The van der Waals surface area contributed by atoms with E-state index in [4.69, 9.17) is 4.52 Å². The van der Waals surface area contributed by atoms with Crippen molar-refractivity contribution in [3.8, 4) is 10.7 Å². The first kappa shape index (κ1) is 15.4. The average molecular weight is 327 g/mol. The van der Waals surface area contributed by atoms with Gasteiger partial charge in [-0.2, -0.15) is 4.98 Å². The number of aryl methyl sites for hydroxylation is 1. The lowest BCUT2D eigenvalue weighted by Crippen LogP contribution is -2.25. The van der Waals surface area contributed by atoms with E-state index in [1.165, 1.54) is 5.56 Å². The number of nitrogens with one attached hydrogen (secondary N) is 1. The van der Waals surface area contributed by atoms with Crippen LogP contribution in [0.25, 0.3) is 10.7 Å². The van der Waals surface area contributed by atoms with E-state index in [9.17, 15) is 4.79 Å². The highest BCUT2D eigenvalue weighted by Crippen LogP contribution is 2.21. The Bertz CT molecular complexity index is 738. The van der Waals surface area contributed by atoms with Crippen molar-refractivity contribution in [2.24, 2.45) is 0 Å². The molecule has 5 nitrogen and oxygen atoms in total. The molecule has 0 spiro atoms. The van der Waals surface area contributed by atoms with Gasteiger partial charge in [0, 0.05) is 19.4 Å². The van der Waals surface area contributed by atoms with Crippen molar-refractivity contribution < 1.29 is 9.32 Å². The molecule has 0 fully saturated rings. The van der Waals surface area contributed by atoms with Crippen LogP contribution in [0.1, 0.15) is 17.9 Å². The summed E-state index contributed by atoms with van der Waals surface area (Å²) in [5, 5.41) is 8.80. The van der Waals surface area contributed by atoms with Gasteiger partial charge in [0.15, 0.2) is 0 Å². The minimum absolute atomic E-state index is 0.0341. The van der Waals surface area contributed by atoms with Crippen LogP contribution in [-0.2, 0) is 17.6 Å². The maximum atomic E-state index is 11.8. The maximum absolute atomic E-state index is 11.8. The molecular formula is C17H17N3O2S. The normalized spacial score (nSPS) is 10.6. The molecule has 0 aliphatic rings. The SMILES string of the molecule is O=C(CCc1ccccc1)NCCc1nc(-c2cccs2)no1. The van der Waals surface area contributed by atoms with E-state index in [1.807, 2.05) is 47.8 Å². The van der Waals surface area contributed by atoms with Crippen molar-refractivity contribution in [1.29, 1.82) is 0 Å². The standard InChI is InChI=1S/C17H17N3O2S/c21-15(9-8-13-5-2-1-3-6-13)18-11-10-16-19-17(20-22-16)14-7-4-12-23-14/h1-7,12H,8-11H2,(H,18,21). The first-order valence-electron chi connectivity index (χ1n) is 7.48. The highest BCUT2D eigenvalue weighted by atomic mass is 32.1. The molecule has 3 rings (SSSR count). The van der Waals surface area contributed by atoms with Gasteiger partial charge in [-0.3, -0.25) is 4.79 Å². The number of carbonyl (C=O) groups excluding carboxylic acids is 1. The van der Waals surface area contributed by atoms with Crippen LogP contribution in [0, 0.1) is 0 Å². The lowest BCUT2D eigenvalue weighted by atomic mass is 10.1. The Hall–Kier alpha value is -2.47. The number of hydrogen-bond acceptors (Lipinski definition) is 5. The van der Waals surface area contributed by atoms with Gasteiger partial charge in [-0.25, -0.2) is 0 Å². The number of carbonyl (C=O) groups is 1. The van der Waals surface area contributed by atoms with Crippen LogP contribution in [-0.4, -0.2) is 22.6 Å². The van der Waals surface area contributed by atoms with Crippen LogP contribution in [0.2, 0.25) is 0 Å². The summed E-state index contributed by atoms with van der Waals surface area (Å²) in [6, 6.07) is 13.9. The Morgan fingerprint density at radius 2 is 2.00 bits per heavy atom. The molecule has 0 radical (unpaired) electrons. The van der Waals surface area contributed by atoms with Gasteiger partial charge in [-0.1, -0.05) is 41.6 Å². The molecule has 23 heavy (non-hydrogen) atoms. The van der Waals surface area contributed by atoms with Gasteiger partial charge < -0.3 is 9.84 Å². The fourth-order valence-electron chi connectivity index (χ4n) is 2.16. The lowest BCUT2D eigenvalue weighted by Gasteiger charge is -2.03. The summed E-state index contributed by atoms with van der Waals surface area (Å²) in [4.78, 5) is 17.1. The minimum atomic E-state index is 0.0341. The molecule has 0 unspecified atom stereocenters. The van der Waals surface area contributed by atoms with E-state index in [-0.39, 0.29) is 5.91 Å². The van der Waals surface area contributed by atoms with Crippen LogP contribution in [0.5, 0.6) is 0 Å². The molecular weight excluding hydrogens is 310 g/mol. The van der Waals surface area contributed by atoms with E-state index in [1.54, 1.807) is 11.3 Å². The number of thiophene rings is 1. The zero-order valence-corrected chi connectivity index (χ0v) is 13.4. The zero-order valence-electron chi connectivity index (χ0n) is 12.6. The Morgan fingerprint density at radius 1 is 1.13 bits per heavy atom. The predicted molar refractivity (Wildman–Crippen MR) is 89.1 cm³/mol. The van der Waals surface area contributed by atoms with Gasteiger partial charge in [0.05, 0.1) is 4.88 Å². The Kier molecular flexibility index (Phi) is 5.16. The Morgan fingerprint density at radius 3 is 2.78 bits per heavy atom. The zero-order chi connectivity index (χ0) is 15.9. The van der Waals surface area contributed by atoms with Crippen LogP contribution in [0.4, 0.5) is 0 Å². The van der Waals surface area contributed by atoms with E-state index in [0.29, 0.717) is 31.1 Å². The fourth-order valence-corrected chi connectivity index (χ4v) is 2.81. The summed E-state index contributed by atoms with van der Waals surface area (Å²) in [5.74, 6) is 1.18. The molecule has 0 saturated carbocycles. The molecule has 1 aromatic carbocycles. The lowest BCUT2D eigenvalue weighted by molar-refractivity contribution is -0.121. The summed E-state index contributed by atoms with van der Waals surface area (Å²) >= 11 is 1.57. The number of nitrogens with zero attached hydrogens (tertiary/aromatic N) is 2. The van der Waals surface area contributed by atoms with Crippen LogP contribution >= 0.6 is 11.3 Å². The minimum Gasteiger partial charge on any atom is -0.356 e. The third-order valence-electron chi connectivity index (χ3n) is 3.35. The first-order chi connectivity index (χ1) is 11.3. The summed E-state index contributed by atoms with van der Waals surface area (Å²) in [6.07, 6.45) is 1.76. The van der Waals surface area contributed by atoms with Crippen molar-refractivity contribution in [2.75, 3.05) is 6.54 Å². The summed E-state index contributed by atoms with van der Waals surface area (Å²) < 4.78 is 5.19. The van der Waals surface area contributed by atoms with Gasteiger partial charge >= 0.3 is 0 Å². The monoisotopic (exact) mass is 327 g/mol. The summed E-state index contributed by atoms with van der Waals surface area (Å²) in [6.45, 7) is 0.500. The van der Waals surface area contributed by atoms with Gasteiger partial charge in [-0.05, 0) is 23.4 Å². The van der Waals surface area contributed by atoms with Gasteiger partial charge in [0.25, 0.3) is 0 Å². The van der Waals surface area contributed by atoms with Crippen molar-refractivity contribution >= 4 is 17.2 Å². The average Bonchev–Trinajstić information content (AvgIpc) is 3.25. The number of rotatable bonds is 7. The number of hydrogen-bond donors (Lipinski definition) is 1. The molecule has 1 amide bonds. The summed E-state index contributed by atoms with van der Waals surface area (Å²) in [5.41, 5.74) is 1.17. The summed E-state index contributed by atoms with van der Waals surface area (Å²) in [7, 11) is 0. The highest BCUT2D eigenvalue weighted by Gasteiger charge is 2.09. The fraction of sp³-hybridized carbons (Fsp3) is 0.235. The Labute approximate surface area is 138 Å². The number of benzene rings is 1. The molecule has 1 N–H and O–H groups in total. The first-order valence-corrected chi connectivity index (χ1v) is 8.36. The third-order valence-corrected chi connectivity index (χ3v) is 4.22. The second-order valence-electron chi connectivity index (χ2n) is 5.07.